The van der Waals surface area contributed by atoms with Crippen LogP contribution in [0.1, 0.15) is 28.9 Å². The molecule has 1 amide bonds. The van der Waals surface area contributed by atoms with E-state index in [1.807, 2.05) is 4.90 Å². The van der Waals surface area contributed by atoms with Crippen LogP contribution in [0.25, 0.3) is 0 Å². The Morgan fingerprint density at radius 3 is 2.42 bits per heavy atom. The molecule has 0 N–H and O–H groups in total. The molecule has 2 aromatic rings. The second-order valence-corrected chi connectivity index (χ2v) is 7.05. The Labute approximate surface area is 154 Å². The molecule has 1 aromatic carbocycles. The van der Waals surface area contributed by atoms with E-state index < -0.39 is 0 Å². The Morgan fingerprint density at radius 1 is 0.962 bits per heavy atom. The van der Waals surface area contributed by atoms with Crippen LogP contribution in [-0.4, -0.2) is 60.0 Å². The monoisotopic (exact) mass is 351 g/mol. The van der Waals surface area contributed by atoms with Crippen molar-refractivity contribution >= 4 is 17.5 Å². The third-order valence-corrected chi connectivity index (χ3v) is 5.18. The van der Waals surface area contributed by atoms with Crippen molar-refractivity contribution in [2.75, 3.05) is 49.1 Å². The zero-order valence-corrected chi connectivity index (χ0v) is 15.3. The zero-order valence-electron chi connectivity index (χ0n) is 15.3. The summed E-state index contributed by atoms with van der Waals surface area (Å²) in [6.45, 7) is 7.37. The van der Waals surface area contributed by atoms with E-state index >= 15 is 0 Å². The maximum atomic E-state index is 12.6. The number of anilines is 2. The largest absolute Gasteiger partial charge is 0.368 e. The van der Waals surface area contributed by atoms with E-state index in [9.17, 15) is 4.79 Å². The minimum Gasteiger partial charge on any atom is -0.368 e. The Bertz CT molecular complexity index is 779. The molecule has 0 atom stereocenters. The van der Waals surface area contributed by atoms with Crippen LogP contribution >= 0.6 is 0 Å². The van der Waals surface area contributed by atoms with Crippen molar-refractivity contribution in [2.24, 2.45) is 0 Å². The fourth-order valence-electron chi connectivity index (χ4n) is 3.69. The lowest BCUT2D eigenvalue weighted by Crippen LogP contribution is -2.47. The van der Waals surface area contributed by atoms with Gasteiger partial charge < -0.3 is 14.7 Å². The summed E-state index contributed by atoms with van der Waals surface area (Å²) in [5.74, 6) is 0.698. The highest BCUT2D eigenvalue weighted by Gasteiger charge is 2.23. The number of amides is 1. The highest BCUT2D eigenvalue weighted by Crippen LogP contribution is 2.20. The van der Waals surface area contributed by atoms with Crippen molar-refractivity contribution in [3.05, 3.63) is 47.8 Å². The number of rotatable bonds is 3. The van der Waals surface area contributed by atoms with Crippen molar-refractivity contribution < 1.29 is 4.79 Å². The predicted molar refractivity (Wildman–Crippen MR) is 103 cm³/mol. The average Bonchev–Trinajstić information content (AvgIpc) is 3.22. The molecule has 2 aliphatic rings. The van der Waals surface area contributed by atoms with Crippen LogP contribution in [0.15, 0.2) is 36.5 Å². The SMILES string of the molecule is Cc1cccc(N2CCN(c3nccc(C(=O)N4CCCC4)n3)CC2)c1. The van der Waals surface area contributed by atoms with Crippen LogP contribution in [-0.2, 0) is 0 Å². The number of aromatic nitrogens is 2. The van der Waals surface area contributed by atoms with Crippen LogP contribution in [0.3, 0.4) is 0 Å². The number of nitrogens with zero attached hydrogens (tertiary/aromatic N) is 5. The molecule has 4 rings (SSSR count). The van der Waals surface area contributed by atoms with Crippen LogP contribution in [0, 0.1) is 6.92 Å². The molecule has 6 nitrogen and oxygen atoms in total. The number of hydrogen-bond acceptors (Lipinski definition) is 5. The summed E-state index contributed by atoms with van der Waals surface area (Å²) in [6, 6.07) is 10.3. The Hall–Kier alpha value is -2.63. The fraction of sp³-hybridized carbons (Fsp3) is 0.450. The van der Waals surface area contributed by atoms with E-state index in [0.29, 0.717) is 11.6 Å². The van der Waals surface area contributed by atoms with E-state index in [1.54, 1.807) is 12.3 Å². The highest BCUT2D eigenvalue weighted by atomic mass is 16.2. The number of carbonyl (C=O) groups excluding carboxylic acids is 1. The highest BCUT2D eigenvalue weighted by molar-refractivity contribution is 5.92. The summed E-state index contributed by atoms with van der Waals surface area (Å²) in [5.41, 5.74) is 3.06. The van der Waals surface area contributed by atoms with Gasteiger partial charge >= 0.3 is 0 Å². The van der Waals surface area contributed by atoms with Gasteiger partial charge in [0.25, 0.3) is 5.91 Å². The fourth-order valence-corrected chi connectivity index (χ4v) is 3.69. The molecule has 0 saturated carbocycles. The van der Waals surface area contributed by atoms with Crippen molar-refractivity contribution in [1.82, 2.24) is 14.9 Å². The Morgan fingerprint density at radius 2 is 1.69 bits per heavy atom. The van der Waals surface area contributed by atoms with E-state index in [4.69, 9.17) is 0 Å². The standard InChI is InChI=1S/C20H25N5O/c1-16-5-4-6-17(15-16)23-11-13-25(14-12-23)20-21-8-7-18(22-20)19(26)24-9-2-3-10-24/h4-8,15H,2-3,9-14H2,1H3. The molecule has 136 valence electrons. The summed E-state index contributed by atoms with van der Waals surface area (Å²) < 4.78 is 0. The lowest BCUT2D eigenvalue weighted by Gasteiger charge is -2.36. The molecule has 3 heterocycles. The normalized spacial score (nSPS) is 17.7. The summed E-state index contributed by atoms with van der Waals surface area (Å²) >= 11 is 0. The van der Waals surface area contributed by atoms with E-state index in [1.165, 1.54) is 11.3 Å². The number of carbonyl (C=O) groups is 1. The van der Waals surface area contributed by atoms with Gasteiger partial charge in [0.05, 0.1) is 0 Å². The molecule has 0 bridgehead atoms. The molecule has 0 unspecified atom stereocenters. The molecule has 26 heavy (non-hydrogen) atoms. The second-order valence-electron chi connectivity index (χ2n) is 7.05. The predicted octanol–water partition coefficient (Wildman–Crippen LogP) is 2.35. The van der Waals surface area contributed by atoms with E-state index in [2.05, 4.69) is 51.0 Å². The van der Waals surface area contributed by atoms with Gasteiger partial charge in [-0.15, -0.1) is 0 Å². The molecule has 0 aliphatic carbocycles. The Kier molecular flexibility index (Phi) is 4.73. The number of aryl methyl sites for hydroxylation is 1. The minimum absolute atomic E-state index is 0.0320. The second kappa shape index (κ2) is 7.32. The average molecular weight is 351 g/mol. The first-order valence-corrected chi connectivity index (χ1v) is 9.39. The van der Waals surface area contributed by atoms with Gasteiger partial charge in [0.15, 0.2) is 0 Å². The molecule has 0 spiro atoms. The van der Waals surface area contributed by atoms with Gasteiger partial charge in [-0.2, -0.15) is 0 Å². The van der Waals surface area contributed by atoms with Gasteiger partial charge in [0.2, 0.25) is 5.95 Å². The van der Waals surface area contributed by atoms with Gasteiger partial charge in [0.1, 0.15) is 5.69 Å². The topological polar surface area (TPSA) is 52.6 Å². The van der Waals surface area contributed by atoms with Crippen LogP contribution in [0.5, 0.6) is 0 Å². The third-order valence-electron chi connectivity index (χ3n) is 5.18. The van der Waals surface area contributed by atoms with Crippen molar-refractivity contribution in [3.63, 3.8) is 0 Å². The summed E-state index contributed by atoms with van der Waals surface area (Å²) in [4.78, 5) is 28.0. The smallest absolute Gasteiger partial charge is 0.272 e. The van der Waals surface area contributed by atoms with Gasteiger partial charge in [-0.3, -0.25) is 4.79 Å². The number of benzene rings is 1. The van der Waals surface area contributed by atoms with Crippen LogP contribution in [0.2, 0.25) is 0 Å². The summed E-state index contributed by atoms with van der Waals surface area (Å²) in [5, 5.41) is 0. The van der Waals surface area contributed by atoms with Gasteiger partial charge in [-0.25, -0.2) is 9.97 Å². The molecule has 2 aliphatic heterocycles. The first-order valence-electron chi connectivity index (χ1n) is 9.39. The van der Waals surface area contributed by atoms with Gasteiger partial charge in [-0.05, 0) is 43.5 Å². The summed E-state index contributed by atoms with van der Waals surface area (Å²) in [6.07, 6.45) is 3.88. The number of hydrogen-bond donors (Lipinski definition) is 0. The van der Waals surface area contributed by atoms with Crippen molar-refractivity contribution in [3.8, 4) is 0 Å². The molecular formula is C20H25N5O. The summed E-state index contributed by atoms with van der Waals surface area (Å²) in [7, 11) is 0. The third kappa shape index (κ3) is 3.49. The molecule has 2 fully saturated rings. The Balaban J connectivity index is 1.43. The molecule has 1 aromatic heterocycles. The quantitative estimate of drug-likeness (QED) is 0.850. The molecule has 0 radical (unpaired) electrons. The maximum absolute atomic E-state index is 12.6. The zero-order chi connectivity index (χ0) is 17.9. The number of likely N-dealkylation sites (tertiary alicyclic amines) is 1. The van der Waals surface area contributed by atoms with E-state index in [0.717, 1.165) is 52.1 Å². The van der Waals surface area contributed by atoms with Gasteiger partial charge in [-0.1, -0.05) is 12.1 Å². The lowest BCUT2D eigenvalue weighted by atomic mass is 10.2. The van der Waals surface area contributed by atoms with Crippen LogP contribution in [0.4, 0.5) is 11.6 Å². The number of piperazine rings is 1. The van der Waals surface area contributed by atoms with Crippen molar-refractivity contribution in [2.45, 2.75) is 19.8 Å². The molecular weight excluding hydrogens is 326 g/mol. The molecule has 6 heteroatoms. The first-order chi connectivity index (χ1) is 12.7. The van der Waals surface area contributed by atoms with Crippen LogP contribution < -0.4 is 9.80 Å². The van der Waals surface area contributed by atoms with Crippen molar-refractivity contribution in [1.29, 1.82) is 0 Å². The van der Waals surface area contributed by atoms with E-state index in [-0.39, 0.29) is 5.91 Å². The maximum Gasteiger partial charge on any atom is 0.272 e. The first kappa shape index (κ1) is 16.8. The van der Waals surface area contributed by atoms with Gasteiger partial charge in [0, 0.05) is 51.2 Å². The lowest BCUT2D eigenvalue weighted by molar-refractivity contribution is 0.0787. The molecule has 2 saturated heterocycles. The minimum atomic E-state index is 0.0320.